The summed E-state index contributed by atoms with van der Waals surface area (Å²) in [6, 6.07) is -0.195. The van der Waals surface area contributed by atoms with Gasteiger partial charge in [0.15, 0.2) is 0 Å². The number of hydrogen-bond donors (Lipinski definition) is 1. The van der Waals surface area contributed by atoms with Crippen LogP contribution in [0.15, 0.2) is 16.1 Å². The zero-order valence-corrected chi connectivity index (χ0v) is 9.68. The van der Waals surface area contributed by atoms with Crippen LogP contribution in [-0.2, 0) is 4.79 Å². The van der Waals surface area contributed by atoms with Crippen molar-refractivity contribution in [2.45, 2.75) is 26.8 Å². The predicted molar refractivity (Wildman–Crippen MR) is 57.5 cm³/mol. The van der Waals surface area contributed by atoms with Gasteiger partial charge in [-0.3, -0.25) is 4.79 Å². The van der Waals surface area contributed by atoms with Gasteiger partial charge in [0.25, 0.3) is 5.91 Å². The van der Waals surface area contributed by atoms with Gasteiger partial charge in [-0.05, 0) is 20.8 Å². The van der Waals surface area contributed by atoms with E-state index in [4.69, 9.17) is 16.1 Å². The van der Waals surface area contributed by atoms with E-state index in [0.717, 1.165) is 11.3 Å². The van der Waals surface area contributed by atoms with Crippen LogP contribution in [0.3, 0.4) is 0 Å². The molecule has 0 bridgehead atoms. The second kappa shape index (κ2) is 4.49. The molecular weight excluding hydrogens is 216 g/mol. The third-order valence-electron chi connectivity index (χ3n) is 2.12. The van der Waals surface area contributed by atoms with Crippen molar-refractivity contribution in [3.05, 3.63) is 28.6 Å². The number of halogens is 1. The van der Waals surface area contributed by atoms with Crippen molar-refractivity contribution in [2.24, 2.45) is 0 Å². The molecule has 4 nitrogen and oxygen atoms in total. The molecule has 1 amide bonds. The number of carbonyl (C=O) groups is 1. The van der Waals surface area contributed by atoms with Gasteiger partial charge in [-0.15, -0.1) is 0 Å². The quantitative estimate of drug-likeness (QED) is 0.808. The largest absolute Gasteiger partial charge is 0.361 e. The van der Waals surface area contributed by atoms with E-state index in [1.54, 1.807) is 6.92 Å². The molecule has 1 heterocycles. The third kappa shape index (κ3) is 2.59. The molecule has 1 N–H and O–H groups in total. The Morgan fingerprint density at radius 1 is 1.60 bits per heavy atom. The van der Waals surface area contributed by atoms with Crippen molar-refractivity contribution < 1.29 is 9.32 Å². The lowest BCUT2D eigenvalue weighted by Gasteiger charge is -2.12. The van der Waals surface area contributed by atoms with Gasteiger partial charge in [-0.2, -0.15) is 0 Å². The average molecular weight is 229 g/mol. The van der Waals surface area contributed by atoms with Crippen LogP contribution in [0.1, 0.15) is 30.0 Å². The van der Waals surface area contributed by atoms with Crippen LogP contribution in [-0.4, -0.2) is 11.1 Å². The molecule has 1 aromatic heterocycles. The maximum absolute atomic E-state index is 11.3. The van der Waals surface area contributed by atoms with Crippen LogP contribution >= 0.6 is 11.6 Å². The summed E-state index contributed by atoms with van der Waals surface area (Å²) >= 11 is 5.47. The molecular formula is C10H13ClN2O2. The van der Waals surface area contributed by atoms with Crippen LogP contribution in [0.25, 0.3) is 0 Å². The molecule has 1 aromatic rings. The Hall–Kier alpha value is -1.29. The smallest absolute Gasteiger partial charge is 0.262 e. The number of rotatable bonds is 3. The van der Waals surface area contributed by atoms with Crippen molar-refractivity contribution >= 4 is 17.5 Å². The second-order valence-electron chi connectivity index (χ2n) is 3.34. The molecule has 0 saturated heterocycles. The minimum Gasteiger partial charge on any atom is -0.361 e. The minimum absolute atomic E-state index is 0.0337. The molecule has 0 aromatic carbocycles. The molecule has 0 aliphatic rings. The molecule has 15 heavy (non-hydrogen) atoms. The van der Waals surface area contributed by atoms with E-state index in [1.165, 1.54) is 0 Å². The molecule has 0 radical (unpaired) electrons. The Morgan fingerprint density at radius 2 is 2.20 bits per heavy atom. The first-order valence-electron chi connectivity index (χ1n) is 4.51. The summed E-state index contributed by atoms with van der Waals surface area (Å²) < 4.78 is 5.00. The van der Waals surface area contributed by atoms with Crippen molar-refractivity contribution in [1.29, 1.82) is 0 Å². The van der Waals surface area contributed by atoms with Crippen LogP contribution < -0.4 is 5.32 Å². The van der Waals surface area contributed by atoms with Crippen LogP contribution in [0.2, 0.25) is 0 Å². The third-order valence-corrected chi connectivity index (χ3v) is 2.29. The van der Waals surface area contributed by atoms with Gasteiger partial charge in [-0.1, -0.05) is 23.3 Å². The summed E-state index contributed by atoms with van der Waals surface area (Å²) in [7, 11) is 0. The molecule has 1 rings (SSSR count). The predicted octanol–water partition coefficient (Wildman–Crippen LogP) is 2.22. The van der Waals surface area contributed by atoms with Crippen LogP contribution in [0, 0.1) is 13.8 Å². The first-order chi connectivity index (χ1) is 6.93. The first-order valence-corrected chi connectivity index (χ1v) is 4.89. The number of nitrogens with one attached hydrogen (secondary N) is 1. The Bertz CT molecular complexity index is 379. The highest BCUT2D eigenvalue weighted by molar-refractivity contribution is 6.41. The number of hydrogen-bond acceptors (Lipinski definition) is 3. The zero-order valence-electron chi connectivity index (χ0n) is 8.93. The number of carbonyl (C=O) groups excluding carboxylic acids is 1. The van der Waals surface area contributed by atoms with Crippen LogP contribution in [0.5, 0.6) is 0 Å². The number of amides is 1. The zero-order chi connectivity index (χ0) is 11.6. The maximum Gasteiger partial charge on any atom is 0.262 e. The molecule has 82 valence electrons. The summed E-state index contributed by atoms with van der Waals surface area (Å²) in [4.78, 5) is 11.3. The Balaban J connectivity index is 2.82. The second-order valence-corrected chi connectivity index (χ2v) is 3.79. The Labute approximate surface area is 93.3 Å². The fourth-order valence-electron chi connectivity index (χ4n) is 1.46. The van der Waals surface area contributed by atoms with Gasteiger partial charge >= 0.3 is 0 Å². The van der Waals surface area contributed by atoms with E-state index in [-0.39, 0.29) is 17.0 Å². The SMILES string of the molecule is C=C(Cl)C(=O)NC(C)c1c(C)noc1C. The summed E-state index contributed by atoms with van der Waals surface area (Å²) in [6.07, 6.45) is 0. The van der Waals surface area contributed by atoms with Gasteiger partial charge in [0.1, 0.15) is 5.76 Å². The lowest BCUT2D eigenvalue weighted by atomic mass is 10.1. The minimum atomic E-state index is -0.385. The van der Waals surface area contributed by atoms with Gasteiger partial charge in [-0.25, -0.2) is 0 Å². The normalized spacial score (nSPS) is 12.3. The van der Waals surface area contributed by atoms with E-state index in [0.29, 0.717) is 5.76 Å². The highest BCUT2D eigenvalue weighted by Gasteiger charge is 2.18. The van der Waals surface area contributed by atoms with Crippen molar-refractivity contribution in [2.75, 3.05) is 0 Å². The molecule has 0 fully saturated rings. The van der Waals surface area contributed by atoms with Gasteiger partial charge < -0.3 is 9.84 Å². The molecule has 1 unspecified atom stereocenters. The molecule has 1 atom stereocenters. The van der Waals surface area contributed by atoms with Gasteiger partial charge in [0, 0.05) is 5.56 Å². The summed E-state index contributed by atoms with van der Waals surface area (Å²) in [5.74, 6) is 0.310. The molecule has 5 heteroatoms. The van der Waals surface area contributed by atoms with E-state index >= 15 is 0 Å². The average Bonchev–Trinajstić information content (AvgIpc) is 2.45. The monoisotopic (exact) mass is 228 g/mol. The topological polar surface area (TPSA) is 55.1 Å². The number of aryl methyl sites for hydroxylation is 2. The molecule has 0 spiro atoms. The van der Waals surface area contributed by atoms with Gasteiger partial charge in [0.2, 0.25) is 0 Å². The highest BCUT2D eigenvalue weighted by atomic mass is 35.5. The first kappa shape index (κ1) is 11.8. The summed E-state index contributed by atoms with van der Waals surface area (Å²) in [6.45, 7) is 8.81. The van der Waals surface area contributed by atoms with Crippen LogP contribution in [0.4, 0.5) is 0 Å². The fourth-order valence-corrected chi connectivity index (χ4v) is 1.51. The number of aromatic nitrogens is 1. The summed E-state index contributed by atoms with van der Waals surface area (Å²) in [5.41, 5.74) is 1.64. The van der Waals surface area contributed by atoms with Crippen molar-refractivity contribution in [1.82, 2.24) is 10.5 Å². The van der Waals surface area contributed by atoms with E-state index in [2.05, 4.69) is 17.1 Å². The van der Waals surface area contributed by atoms with E-state index in [9.17, 15) is 4.79 Å². The highest BCUT2D eigenvalue weighted by Crippen LogP contribution is 2.21. The fraction of sp³-hybridized carbons (Fsp3) is 0.400. The lowest BCUT2D eigenvalue weighted by Crippen LogP contribution is -2.26. The van der Waals surface area contributed by atoms with Crippen molar-refractivity contribution in [3.8, 4) is 0 Å². The van der Waals surface area contributed by atoms with Gasteiger partial charge in [0.05, 0.1) is 16.8 Å². The standard InChI is InChI=1S/C10H13ClN2O2/c1-5(11)10(14)12-6(2)9-7(3)13-15-8(9)4/h6H,1H2,2-4H3,(H,12,14). The summed E-state index contributed by atoms with van der Waals surface area (Å²) in [5, 5.41) is 6.47. The van der Waals surface area contributed by atoms with Crippen molar-refractivity contribution in [3.63, 3.8) is 0 Å². The molecule has 0 aliphatic heterocycles. The van der Waals surface area contributed by atoms with E-state index in [1.807, 2.05) is 13.8 Å². The number of nitrogens with zero attached hydrogens (tertiary/aromatic N) is 1. The maximum atomic E-state index is 11.3. The lowest BCUT2D eigenvalue weighted by molar-refractivity contribution is -0.117. The molecule has 0 aliphatic carbocycles. The van der Waals surface area contributed by atoms with E-state index < -0.39 is 0 Å². The molecule has 0 saturated carbocycles. The Morgan fingerprint density at radius 3 is 2.60 bits per heavy atom. The Kier molecular flexibility index (Phi) is 3.52.